The van der Waals surface area contributed by atoms with Crippen LogP contribution < -0.4 is 0 Å². The number of sulfone groups is 1. The second kappa shape index (κ2) is 7.57. The summed E-state index contributed by atoms with van der Waals surface area (Å²) in [6, 6.07) is 8.22. The summed E-state index contributed by atoms with van der Waals surface area (Å²) >= 11 is 10.6. The van der Waals surface area contributed by atoms with Crippen molar-refractivity contribution in [3.8, 4) is 0 Å². The lowest BCUT2D eigenvalue weighted by molar-refractivity contribution is 0.495. The van der Waals surface area contributed by atoms with Crippen molar-refractivity contribution in [2.75, 3.05) is 22.7 Å². The van der Waals surface area contributed by atoms with Gasteiger partial charge in [-0.1, -0.05) is 59.9 Å². The van der Waals surface area contributed by atoms with Gasteiger partial charge in [0, 0.05) is 32.6 Å². The zero-order chi connectivity index (χ0) is 14.5. The summed E-state index contributed by atoms with van der Waals surface area (Å²) < 4.78 is 23.5. The summed E-state index contributed by atoms with van der Waals surface area (Å²) in [5, 5.41) is 1.60. The van der Waals surface area contributed by atoms with Gasteiger partial charge in [-0.3, -0.25) is 0 Å². The average molecular weight is 477 g/mol. The third-order valence-electron chi connectivity index (χ3n) is 3.14. The Morgan fingerprint density at radius 1 is 1.11 bits per heavy atom. The summed E-state index contributed by atoms with van der Waals surface area (Å²) in [6.45, 7) is 0. The third kappa shape index (κ3) is 5.48. The standard InChI is InChI=1S/C13H17Br3O2S/c1-19(17,18)8-2-7-13(9-14,10-15)11-3-5-12(16)6-4-11/h3-6H,2,7-10H2,1H3. The van der Waals surface area contributed by atoms with Crippen LogP contribution in [0.3, 0.4) is 0 Å². The van der Waals surface area contributed by atoms with Crippen LogP contribution in [0, 0.1) is 0 Å². The number of benzene rings is 1. The molecule has 1 rings (SSSR count). The second-order valence-electron chi connectivity index (χ2n) is 4.79. The monoisotopic (exact) mass is 474 g/mol. The first-order chi connectivity index (χ1) is 8.83. The quantitative estimate of drug-likeness (QED) is 0.550. The van der Waals surface area contributed by atoms with E-state index in [-0.39, 0.29) is 11.2 Å². The van der Waals surface area contributed by atoms with Crippen LogP contribution in [-0.2, 0) is 15.3 Å². The predicted molar refractivity (Wildman–Crippen MR) is 92.4 cm³/mol. The molecule has 0 fully saturated rings. The van der Waals surface area contributed by atoms with Crippen molar-refractivity contribution < 1.29 is 8.42 Å². The molecule has 0 aliphatic rings. The lowest BCUT2D eigenvalue weighted by Crippen LogP contribution is -2.30. The zero-order valence-electron chi connectivity index (χ0n) is 10.7. The van der Waals surface area contributed by atoms with E-state index in [1.165, 1.54) is 11.8 Å². The summed E-state index contributed by atoms with van der Waals surface area (Å²) in [5.41, 5.74) is 1.16. The Bertz CT molecular complexity index is 493. The molecule has 0 amide bonds. The minimum atomic E-state index is -2.89. The lowest BCUT2D eigenvalue weighted by Gasteiger charge is -2.30. The first-order valence-corrected chi connectivity index (χ1v) is 11.0. The molecule has 0 saturated carbocycles. The molecular formula is C13H17Br3O2S. The van der Waals surface area contributed by atoms with E-state index in [1.807, 2.05) is 12.1 Å². The fourth-order valence-electron chi connectivity index (χ4n) is 1.94. The van der Waals surface area contributed by atoms with Crippen LogP contribution in [0.4, 0.5) is 0 Å². The molecule has 0 bridgehead atoms. The molecule has 0 aliphatic heterocycles. The number of hydrogen-bond donors (Lipinski definition) is 0. The first kappa shape index (κ1) is 17.7. The molecule has 108 valence electrons. The number of halogens is 3. The molecular weight excluding hydrogens is 460 g/mol. The van der Waals surface area contributed by atoms with Crippen molar-refractivity contribution in [2.45, 2.75) is 18.3 Å². The van der Waals surface area contributed by atoms with Gasteiger partial charge in [0.05, 0.1) is 0 Å². The molecule has 0 N–H and O–H groups in total. The largest absolute Gasteiger partial charge is 0.229 e. The molecule has 2 nitrogen and oxygen atoms in total. The van der Waals surface area contributed by atoms with E-state index < -0.39 is 9.84 Å². The van der Waals surface area contributed by atoms with E-state index >= 15 is 0 Å². The molecule has 0 heterocycles. The normalized spacial score (nSPS) is 12.6. The fourth-order valence-corrected chi connectivity index (χ4v) is 5.01. The third-order valence-corrected chi connectivity index (χ3v) is 6.84. The molecule has 0 radical (unpaired) electrons. The summed E-state index contributed by atoms with van der Waals surface area (Å²) in [5.74, 6) is 0.241. The molecule has 6 heteroatoms. The SMILES string of the molecule is CS(=O)(=O)CCCC(CBr)(CBr)c1ccc(Br)cc1. The highest BCUT2D eigenvalue weighted by Crippen LogP contribution is 2.34. The predicted octanol–water partition coefficient (Wildman–Crippen LogP) is 4.30. The van der Waals surface area contributed by atoms with Crippen molar-refractivity contribution in [1.29, 1.82) is 0 Å². The van der Waals surface area contributed by atoms with Gasteiger partial charge in [-0.2, -0.15) is 0 Å². The Labute approximate surface area is 140 Å². The van der Waals surface area contributed by atoms with Crippen molar-refractivity contribution in [1.82, 2.24) is 0 Å². The van der Waals surface area contributed by atoms with Crippen molar-refractivity contribution >= 4 is 57.6 Å². The fraction of sp³-hybridized carbons (Fsp3) is 0.538. The summed E-state index contributed by atoms with van der Waals surface area (Å²) in [7, 11) is -2.89. The minimum Gasteiger partial charge on any atom is -0.229 e. The molecule has 19 heavy (non-hydrogen) atoms. The van der Waals surface area contributed by atoms with Gasteiger partial charge in [0.1, 0.15) is 9.84 Å². The highest BCUT2D eigenvalue weighted by Gasteiger charge is 2.29. The Morgan fingerprint density at radius 2 is 1.63 bits per heavy atom. The van der Waals surface area contributed by atoms with Crippen molar-refractivity contribution in [3.63, 3.8) is 0 Å². The van der Waals surface area contributed by atoms with Crippen LogP contribution in [0.15, 0.2) is 28.7 Å². The summed E-state index contributed by atoms with van der Waals surface area (Å²) in [4.78, 5) is 0. The zero-order valence-corrected chi connectivity index (χ0v) is 16.3. The van der Waals surface area contributed by atoms with Gasteiger partial charge >= 0.3 is 0 Å². The second-order valence-corrected chi connectivity index (χ2v) is 9.08. The molecule has 0 aliphatic carbocycles. The van der Waals surface area contributed by atoms with Gasteiger partial charge < -0.3 is 0 Å². The van der Waals surface area contributed by atoms with Crippen LogP contribution in [0.25, 0.3) is 0 Å². The molecule has 1 aromatic rings. The van der Waals surface area contributed by atoms with E-state index in [1.54, 1.807) is 0 Å². The number of rotatable bonds is 7. The van der Waals surface area contributed by atoms with E-state index in [4.69, 9.17) is 0 Å². The van der Waals surface area contributed by atoms with Crippen molar-refractivity contribution in [2.24, 2.45) is 0 Å². The Balaban J connectivity index is 2.87. The van der Waals surface area contributed by atoms with Crippen LogP contribution in [0.2, 0.25) is 0 Å². The van der Waals surface area contributed by atoms with Crippen molar-refractivity contribution in [3.05, 3.63) is 34.3 Å². The smallest absolute Gasteiger partial charge is 0.147 e. The maximum Gasteiger partial charge on any atom is 0.147 e. The molecule has 0 saturated heterocycles. The van der Waals surface area contributed by atoms with Gasteiger partial charge in [0.25, 0.3) is 0 Å². The highest BCUT2D eigenvalue weighted by molar-refractivity contribution is 9.10. The number of hydrogen-bond acceptors (Lipinski definition) is 2. The first-order valence-electron chi connectivity index (χ1n) is 5.89. The van der Waals surface area contributed by atoms with Crippen LogP contribution in [-0.4, -0.2) is 31.1 Å². The van der Waals surface area contributed by atoms with E-state index in [0.717, 1.165) is 21.6 Å². The van der Waals surface area contributed by atoms with Crippen LogP contribution in [0.5, 0.6) is 0 Å². The molecule has 0 atom stereocenters. The van der Waals surface area contributed by atoms with Gasteiger partial charge in [0.2, 0.25) is 0 Å². The topological polar surface area (TPSA) is 34.1 Å². The Kier molecular flexibility index (Phi) is 7.04. The van der Waals surface area contributed by atoms with E-state index in [9.17, 15) is 8.42 Å². The summed E-state index contributed by atoms with van der Waals surface area (Å²) in [6.07, 6.45) is 2.79. The lowest BCUT2D eigenvalue weighted by atomic mass is 9.80. The maximum absolute atomic E-state index is 11.2. The van der Waals surface area contributed by atoms with Gasteiger partial charge in [-0.25, -0.2) is 8.42 Å². The minimum absolute atomic E-state index is 0.0641. The highest BCUT2D eigenvalue weighted by atomic mass is 79.9. The van der Waals surface area contributed by atoms with Crippen LogP contribution in [0.1, 0.15) is 18.4 Å². The molecule has 0 spiro atoms. The molecule has 1 aromatic carbocycles. The van der Waals surface area contributed by atoms with Crippen LogP contribution >= 0.6 is 47.8 Å². The van der Waals surface area contributed by atoms with Gasteiger partial charge in [-0.05, 0) is 30.5 Å². The van der Waals surface area contributed by atoms with E-state index in [2.05, 4.69) is 59.9 Å². The Hall–Kier alpha value is 0.610. The molecule has 0 aromatic heterocycles. The number of alkyl halides is 2. The van der Waals surface area contributed by atoms with Gasteiger partial charge in [0.15, 0.2) is 0 Å². The van der Waals surface area contributed by atoms with E-state index in [0.29, 0.717) is 6.42 Å². The van der Waals surface area contributed by atoms with Gasteiger partial charge in [-0.15, -0.1) is 0 Å². The Morgan fingerprint density at radius 3 is 2.05 bits per heavy atom. The molecule has 0 unspecified atom stereocenters. The average Bonchev–Trinajstić information content (AvgIpc) is 2.35. The maximum atomic E-state index is 11.2.